The number of aromatic nitrogens is 1. The summed E-state index contributed by atoms with van der Waals surface area (Å²) >= 11 is 1.31. The first kappa shape index (κ1) is 13.7. The summed E-state index contributed by atoms with van der Waals surface area (Å²) in [4.78, 5) is 14.4. The Balaban J connectivity index is 2.38. The normalized spacial score (nSPS) is 11.2. The van der Waals surface area contributed by atoms with Crippen molar-refractivity contribution < 1.29 is 23.1 Å². The molecule has 0 aliphatic rings. The van der Waals surface area contributed by atoms with Crippen molar-refractivity contribution >= 4 is 28.2 Å². The third-order valence-electron chi connectivity index (χ3n) is 3.12. The number of carboxylic acid groups (broad SMARTS) is 1. The molecular formula is C14H8F3NO2S. The first-order valence-corrected chi connectivity index (χ1v) is 6.80. The summed E-state index contributed by atoms with van der Waals surface area (Å²) in [6.45, 7) is 0. The molecule has 0 unspecified atom stereocenters. The second-order valence-corrected chi connectivity index (χ2v) is 5.38. The van der Waals surface area contributed by atoms with Crippen LogP contribution in [-0.4, -0.2) is 16.1 Å². The summed E-state index contributed by atoms with van der Waals surface area (Å²) in [7, 11) is 0. The van der Waals surface area contributed by atoms with E-state index in [0.717, 1.165) is 6.07 Å². The Kier molecular flexibility index (Phi) is 3.21. The Bertz CT molecular complexity index is 840. The second-order valence-electron chi connectivity index (χ2n) is 4.44. The van der Waals surface area contributed by atoms with Crippen molar-refractivity contribution in [3.05, 3.63) is 46.6 Å². The number of nitrogens with one attached hydrogen (secondary N) is 1. The molecule has 0 saturated carbocycles. The molecule has 2 heterocycles. The van der Waals surface area contributed by atoms with Crippen molar-refractivity contribution in [3.8, 4) is 10.6 Å². The van der Waals surface area contributed by atoms with Crippen LogP contribution in [0.5, 0.6) is 0 Å². The number of hydrogen-bond donors (Lipinski definition) is 2. The fraction of sp³-hybridized carbons (Fsp3) is 0.0714. The predicted octanol–water partition coefficient (Wildman–Crippen LogP) is 3.94. The molecule has 21 heavy (non-hydrogen) atoms. The third kappa shape index (κ3) is 2.19. The molecule has 0 aliphatic heterocycles. The van der Waals surface area contributed by atoms with Gasteiger partial charge >= 0.3 is 5.97 Å². The van der Waals surface area contributed by atoms with Crippen LogP contribution in [0.15, 0.2) is 23.6 Å². The van der Waals surface area contributed by atoms with Crippen LogP contribution >= 0.6 is 11.3 Å². The number of rotatable bonds is 3. The number of benzene rings is 1. The molecule has 0 saturated heterocycles. The van der Waals surface area contributed by atoms with Gasteiger partial charge in [0.2, 0.25) is 0 Å². The van der Waals surface area contributed by atoms with E-state index in [1.54, 1.807) is 17.5 Å². The molecule has 0 fully saturated rings. The van der Waals surface area contributed by atoms with Crippen LogP contribution in [0.4, 0.5) is 13.2 Å². The Labute approximate surface area is 120 Å². The molecule has 3 rings (SSSR count). The minimum absolute atomic E-state index is 0.0334. The van der Waals surface area contributed by atoms with Crippen LogP contribution in [0.25, 0.3) is 21.5 Å². The minimum Gasteiger partial charge on any atom is -0.481 e. The van der Waals surface area contributed by atoms with Crippen molar-refractivity contribution in [3.63, 3.8) is 0 Å². The zero-order chi connectivity index (χ0) is 15.1. The number of aliphatic carboxylic acids is 1. The number of carbonyl (C=O) groups is 1. The summed E-state index contributed by atoms with van der Waals surface area (Å²) in [6.07, 6.45) is -0.491. The van der Waals surface area contributed by atoms with Gasteiger partial charge < -0.3 is 10.1 Å². The first-order chi connectivity index (χ1) is 9.99. The molecule has 0 amide bonds. The maximum Gasteiger partial charge on any atom is 0.307 e. The zero-order valence-electron chi connectivity index (χ0n) is 10.4. The van der Waals surface area contributed by atoms with E-state index in [1.807, 2.05) is 0 Å². The van der Waals surface area contributed by atoms with Gasteiger partial charge in [-0.15, -0.1) is 11.3 Å². The van der Waals surface area contributed by atoms with Crippen LogP contribution in [0.2, 0.25) is 0 Å². The van der Waals surface area contributed by atoms with Gasteiger partial charge in [0.1, 0.15) is 0 Å². The predicted molar refractivity (Wildman–Crippen MR) is 72.8 cm³/mol. The maximum atomic E-state index is 14.0. The molecule has 2 N–H and O–H groups in total. The van der Waals surface area contributed by atoms with Gasteiger partial charge in [0.05, 0.1) is 22.5 Å². The van der Waals surface area contributed by atoms with Crippen LogP contribution in [0.3, 0.4) is 0 Å². The van der Waals surface area contributed by atoms with Gasteiger partial charge in [-0.3, -0.25) is 4.79 Å². The van der Waals surface area contributed by atoms with E-state index >= 15 is 0 Å². The number of H-pyrrole nitrogens is 1. The Hall–Kier alpha value is -2.28. The quantitative estimate of drug-likeness (QED) is 0.720. The highest BCUT2D eigenvalue weighted by molar-refractivity contribution is 7.13. The van der Waals surface area contributed by atoms with E-state index in [4.69, 9.17) is 5.11 Å². The summed E-state index contributed by atoms with van der Waals surface area (Å²) in [5.74, 6) is -5.48. The Morgan fingerprint density at radius 3 is 2.67 bits per heavy atom. The lowest BCUT2D eigenvalue weighted by molar-refractivity contribution is -0.136. The van der Waals surface area contributed by atoms with Crippen LogP contribution in [0, 0.1) is 17.5 Å². The summed E-state index contributed by atoms with van der Waals surface area (Å²) in [6, 6.07) is 4.29. The summed E-state index contributed by atoms with van der Waals surface area (Å²) in [5.41, 5.74) is 0.508. The maximum absolute atomic E-state index is 14.0. The van der Waals surface area contributed by atoms with Crippen LogP contribution < -0.4 is 0 Å². The molecule has 3 aromatic rings. The second kappa shape index (κ2) is 4.92. The molecule has 0 bridgehead atoms. The van der Waals surface area contributed by atoms with E-state index in [2.05, 4.69) is 4.98 Å². The number of carboxylic acids is 1. The average molecular weight is 311 g/mol. The van der Waals surface area contributed by atoms with Gasteiger partial charge in [-0.2, -0.15) is 0 Å². The lowest BCUT2D eigenvalue weighted by Gasteiger charge is -2.01. The highest BCUT2D eigenvalue weighted by Gasteiger charge is 2.23. The molecule has 108 valence electrons. The number of fused-ring (bicyclic) bond motifs is 1. The van der Waals surface area contributed by atoms with E-state index in [-0.39, 0.29) is 16.5 Å². The number of aromatic amines is 1. The molecule has 0 spiro atoms. The largest absolute Gasteiger partial charge is 0.481 e. The van der Waals surface area contributed by atoms with Gasteiger partial charge in [-0.05, 0) is 11.4 Å². The zero-order valence-corrected chi connectivity index (χ0v) is 11.2. The Morgan fingerprint density at radius 2 is 2.05 bits per heavy atom. The molecule has 0 aliphatic carbocycles. The molecule has 1 aromatic carbocycles. The fourth-order valence-electron chi connectivity index (χ4n) is 2.28. The number of thiophene rings is 1. The van der Waals surface area contributed by atoms with Gasteiger partial charge in [-0.25, -0.2) is 13.2 Å². The van der Waals surface area contributed by atoms with Gasteiger partial charge in [0, 0.05) is 17.0 Å². The average Bonchev–Trinajstić information content (AvgIpc) is 3.03. The molecule has 7 heteroatoms. The van der Waals surface area contributed by atoms with E-state index in [9.17, 15) is 18.0 Å². The van der Waals surface area contributed by atoms with Crippen molar-refractivity contribution in [1.82, 2.24) is 4.98 Å². The van der Waals surface area contributed by atoms with Crippen molar-refractivity contribution in [2.24, 2.45) is 0 Å². The van der Waals surface area contributed by atoms with Crippen molar-refractivity contribution in [2.75, 3.05) is 0 Å². The SMILES string of the molecule is O=C(O)Cc1c(-c2cccs2)[nH]c2cc(F)c(F)c(F)c12. The van der Waals surface area contributed by atoms with E-state index < -0.39 is 29.8 Å². The molecule has 0 radical (unpaired) electrons. The van der Waals surface area contributed by atoms with E-state index in [1.165, 1.54) is 11.3 Å². The fourth-order valence-corrected chi connectivity index (χ4v) is 3.04. The number of halogens is 3. The van der Waals surface area contributed by atoms with Crippen LogP contribution in [0.1, 0.15) is 5.56 Å². The van der Waals surface area contributed by atoms with E-state index in [0.29, 0.717) is 10.6 Å². The van der Waals surface area contributed by atoms with Crippen molar-refractivity contribution in [1.29, 1.82) is 0 Å². The van der Waals surface area contributed by atoms with Gasteiger partial charge in [0.15, 0.2) is 17.5 Å². The Morgan fingerprint density at radius 1 is 1.29 bits per heavy atom. The topological polar surface area (TPSA) is 53.1 Å². The molecule has 0 atom stereocenters. The molecule has 2 aromatic heterocycles. The first-order valence-electron chi connectivity index (χ1n) is 5.92. The molecule has 3 nitrogen and oxygen atoms in total. The lowest BCUT2D eigenvalue weighted by Crippen LogP contribution is -2.02. The standard InChI is InChI=1S/C14H8F3NO2S/c15-7-5-8-11(13(17)12(7)16)6(4-10(19)20)14(18-8)9-2-1-3-21-9/h1-3,5,18H,4H2,(H,19,20). The lowest BCUT2D eigenvalue weighted by atomic mass is 10.1. The highest BCUT2D eigenvalue weighted by Crippen LogP contribution is 2.35. The monoisotopic (exact) mass is 311 g/mol. The van der Waals surface area contributed by atoms with Crippen molar-refractivity contribution in [2.45, 2.75) is 6.42 Å². The third-order valence-corrected chi connectivity index (χ3v) is 4.01. The molecular weight excluding hydrogens is 303 g/mol. The summed E-state index contributed by atoms with van der Waals surface area (Å²) < 4.78 is 40.7. The smallest absolute Gasteiger partial charge is 0.307 e. The highest BCUT2D eigenvalue weighted by atomic mass is 32.1. The van der Waals surface area contributed by atoms with Gasteiger partial charge in [0.25, 0.3) is 0 Å². The van der Waals surface area contributed by atoms with Crippen LogP contribution in [-0.2, 0) is 11.2 Å². The number of hydrogen-bond acceptors (Lipinski definition) is 2. The van der Waals surface area contributed by atoms with Gasteiger partial charge in [-0.1, -0.05) is 6.07 Å². The summed E-state index contributed by atoms with van der Waals surface area (Å²) in [5, 5.41) is 10.5. The minimum atomic E-state index is -1.61.